The first kappa shape index (κ1) is 19.8. The van der Waals surface area contributed by atoms with Gasteiger partial charge in [-0.1, -0.05) is 12.1 Å². The molecule has 0 spiro atoms. The van der Waals surface area contributed by atoms with Crippen molar-refractivity contribution in [1.82, 2.24) is 0 Å². The van der Waals surface area contributed by atoms with E-state index in [1.54, 1.807) is 25.6 Å². The summed E-state index contributed by atoms with van der Waals surface area (Å²) in [7, 11) is 2.53. The fraction of sp³-hybridized carbons (Fsp3) is 0.273. The third kappa shape index (κ3) is 4.15. The van der Waals surface area contributed by atoms with E-state index in [9.17, 15) is 5.11 Å². The highest BCUT2D eigenvalue weighted by Crippen LogP contribution is 2.46. The highest BCUT2D eigenvalue weighted by Gasteiger charge is 2.15. The van der Waals surface area contributed by atoms with Crippen LogP contribution in [0.25, 0.3) is 20.9 Å². The molecule has 0 aliphatic carbocycles. The molecule has 144 valence electrons. The van der Waals surface area contributed by atoms with E-state index in [1.807, 2.05) is 18.2 Å². The van der Waals surface area contributed by atoms with Gasteiger partial charge in [-0.3, -0.25) is 0 Å². The van der Waals surface area contributed by atoms with E-state index in [2.05, 4.69) is 49.1 Å². The Morgan fingerprint density at radius 3 is 2.04 bits per heavy atom. The van der Waals surface area contributed by atoms with Crippen LogP contribution in [0.3, 0.4) is 0 Å². The van der Waals surface area contributed by atoms with Gasteiger partial charge in [0.05, 0.1) is 20.8 Å². The molecule has 0 radical (unpaired) electrons. The zero-order chi connectivity index (χ0) is 19.6. The predicted octanol–water partition coefficient (Wildman–Crippen LogP) is 5.64. The monoisotopic (exact) mass is 402 g/mol. The van der Waals surface area contributed by atoms with Crippen molar-refractivity contribution in [2.45, 2.75) is 11.5 Å². The van der Waals surface area contributed by atoms with Crippen LogP contribution in [0.4, 0.5) is 0 Å². The molecule has 0 amide bonds. The van der Waals surface area contributed by atoms with Crippen molar-refractivity contribution in [3.63, 3.8) is 0 Å². The maximum Gasteiger partial charge on any atom is 0.161 e. The Morgan fingerprint density at radius 1 is 0.852 bits per heavy atom. The minimum Gasteiger partial charge on any atom is -0.493 e. The quantitative estimate of drug-likeness (QED) is 0.579. The summed E-state index contributed by atoms with van der Waals surface area (Å²) < 4.78 is 10.7. The number of hydrogen-bond donors (Lipinski definition) is 1. The van der Waals surface area contributed by atoms with E-state index in [-0.39, 0.29) is 6.61 Å². The van der Waals surface area contributed by atoms with Gasteiger partial charge in [0.15, 0.2) is 11.5 Å². The van der Waals surface area contributed by atoms with E-state index in [1.165, 1.54) is 4.90 Å². The van der Waals surface area contributed by atoms with Crippen molar-refractivity contribution >= 4 is 21.4 Å². The van der Waals surface area contributed by atoms with E-state index < -0.39 is 10.0 Å². The van der Waals surface area contributed by atoms with E-state index >= 15 is 0 Å². The first-order valence-electron chi connectivity index (χ1n) is 8.62. The summed E-state index contributed by atoms with van der Waals surface area (Å²) in [6.07, 6.45) is 6.88. The van der Waals surface area contributed by atoms with Gasteiger partial charge in [0.2, 0.25) is 0 Å². The number of aliphatic hydroxyl groups excluding tert-OH is 1. The summed E-state index contributed by atoms with van der Waals surface area (Å²) in [6.45, 7) is 0.0192. The molecule has 0 saturated carbocycles. The van der Waals surface area contributed by atoms with Crippen molar-refractivity contribution < 1.29 is 14.6 Å². The molecule has 0 atom stereocenters. The maximum absolute atomic E-state index is 9.87. The number of thiophene rings is 1. The third-order valence-electron chi connectivity index (χ3n) is 4.47. The number of aliphatic hydroxyl groups is 1. The topological polar surface area (TPSA) is 38.7 Å². The minimum atomic E-state index is -0.741. The minimum absolute atomic E-state index is 0.0192. The van der Waals surface area contributed by atoms with Crippen molar-refractivity contribution in [1.29, 1.82) is 0 Å². The van der Waals surface area contributed by atoms with Crippen LogP contribution in [0.5, 0.6) is 11.5 Å². The lowest BCUT2D eigenvalue weighted by atomic mass is 10.1. The van der Waals surface area contributed by atoms with Gasteiger partial charge in [-0.2, -0.15) is 0 Å². The van der Waals surface area contributed by atoms with Gasteiger partial charge >= 0.3 is 0 Å². The molecule has 2 aromatic carbocycles. The van der Waals surface area contributed by atoms with Crippen LogP contribution in [0.15, 0.2) is 53.4 Å². The van der Waals surface area contributed by atoms with Crippen LogP contribution < -0.4 is 9.47 Å². The molecule has 1 aromatic heterocycles. The van der Waals surface area contributed by atoms with Gasteiger partial charge in [-0.25, -0.2) is 10.0 Å². The van der Waals surface area contributed by atoms with Crippen molar-refractivity contribution in [3.8, 4) is 32.4 Å². The molecule has 0 bridgehead atoms. The molecule has 0 saturated heterocycles. The Kier molecular flexibility index (Phi) is 5.84. The number of rotatable bonds is 6. The Labute approximate surface area is 166 Å². The molecule has 5 heteroatoms. The first-order valence-corrected chi connectivity index (χ1v) is 12.3. The van der Waals surface area contributed by atoms with Gasteiger partial charge in [-0.15, -0.1) is 11.3 Å². The number of ether oxygens (including phenoxy) is 2. The molecule has 0 aliphatic heterocycles. The fourth-order valence-electron chi connectivity index (χ4n) is 2.94. The van der Waals surface area contributed by atoms with E-state index in [0.29, 0.717) is 11.5 Å². The lowest BCUT2D eigenvalue weighted by Crippen LogP contribution is -1.92. The fourth-order valence-corrected chi connectivity index (χ4v) is 5.06. The second kappa shape index (κ2) is 7.97. The van der Waals surface area contributed by atoms with Gasteiger partial charge in [0.1, 0.15) is 0 Å². The van der Waals surface area contributed by atoms with Crippen LogP contribution in [0, 0.1) is 0 Å². The molecule has 0 fully saturated rings. The van der Waals surface area contributed by atoms with Crippen molar-refractivity contribution in [3.05, 3.63) is 54.1 Å². The molecule has 0 unspecified atom stereocenters. The summed E-state index contributed by atoms with van der Waals surface area (Å²) in [5.74, 6) is 1.41. The summed E-state index contributed by atoms with van der Waals surface area (Å²) in [4.78, 5) is 3.59. The Bertz CT molecular complexity index is 922. The van der Waals surface area contributed by atoms with Crippen LogP contribution in [0.1, 0.15) is 5.56 Å². The summed E-state index contributed by atoms with van der Waals surface area (Å²) in [6, 6.07) is 16.7. The molecule has 1 N–H and O–H groups in total. The van der Waals surface area contributed by atoms with Crippen molar-refractivity contribution in [2.24, 2.45) is 0 Å². The molecule has 27 heavy (non-hydrogen) atoms. The molecule has 1 heterocycles. The largest absolute Gasteiger partial charge is 0.493 e. The molecular formula is C22H26O3S2. The second-order valence-corrected chi connectivity index (χ2v) is 12.3. The summed E-state index contributed by atoms with van der Waals surface area (Å²) >= 11 is 1.69. The number of hydrogen-bond acceptors (Lipinski definition) is 4. The number of methoxy groups -OCH3 is 2. The van der Waals surface area contributed by atoms with Crippen LogP contribution >= 0.6 is 21.4 Å². The predicted molar refractivity (Wildman–Crippen MR) is 118 cm³/mol. The third-order valence-corrected chi connectivity index (χ3v) is 7.43. The lowest BCUT2D eigenvalue weighted by Gasteiger charge is -2.25. The average molecular weight is 403 g/mol. The van der Waals surface area contributed by atoms with Crippen LogP contribution in [0.2, 0.25) is 0 Å². The van der Waals surface area contributed by atoms with Gasteiger partial charge < -0.3 is 14.6 Å². The van der Waals surface area contributed by atoms with E-state index in [0.717, 1.165) is 26.4 Å². The molecule has 3 aromatic rings. The lowest BCUT2D eigenvalue weighted by molar-refractivity contribution is 0.283. The van der Waals surface area contributed by atoms with Crippen molar-refractivity contribution in [2.75, 3.05) is 33.0 Å². The smallest absolute Gasteiger partial charge is 0.161 e. The standard InChI is InChI=1S/C22H26O3S2/c1-24-19-11-8-16(12-20(19)25-2)21-13-17(14-23)22(26-21)15-6-9-18(10-7-15)27(3,4)5/h6-13,23H,14H2,1-5H3. The SMILES string of the molecule is COc1ccc(-c2cc(CO)c(-c3ccc(S(C)(C)C)cc3)s2)cc1OC. The Hall–Kier alpha value is -1.95. The molecule has 3 rings (SSSR count). The zero-order valence-corrected chi connectivity index (χ0v) is 18.0. The molecule has 0 aliphatic rings. The van der Waals surface area contributed by atoms with Crippen LogP contribution in [-0.2, 0) is 6.61 Å². The molecular weight excluding hydrogens is 376 g/mol. The van der Waals surface area contributed by atoms with E-state index in [4.69, 9.17) is 9.47 Å². The second-order valence-electron chi connectivity index (χ2n) is 7.05. The molecule has 3 nitrogen and oxygen atoms in total. The van der Waals surface area contributed by atoms with Gasteiger partial charge in [0, 0.05) is 9.75 Å². The highest BCUT2D eigenvalue weighted by molar-refractivity contribution is 8.32. The number of benzene rings is 2. The first-order chi connectivity index (χ1) is 12.9. The van der Waals surface area contributed by atoms with Gasteiger partial charge in [-0.05, 0) is 76.8 Å². The highest BCUT2D eigenvalue weighted by atomic mass is 32.3. The zero-order valence-electron chi connectivity index (χ0n) is 16.4. The van der Waals surface area contributed by atoms with Gasteiger partial charge in [0.25, 0.3) is 0 Å². The van der Waals surface area contributed by atoms with Crippen LogP contribution in [-0.4, -0.2) is 38.1 Å². The Morgan fingerprint density at radius 2 is 1.48 bits per heavy atom. The normalized spacial score (nSPS) is 12.1. The summed E-state index contributed by atoms with van der Waals surface area (Å²) in [5.41, 5.74) is 3.14. The maximum atomic E-state index is 9.87. The Balaban J connectivity index is 2.01. The average Bonchev–Trinajstić information content (AvgIpc) is 3.11. The summed E-state index contributed by atoms with van der Waals surface area (Å²) in [5, 5.41) is 9.87.